The Hall–Kier alpha value is -2.01. The number of anilines is 1. The molecule has 2 aromatic heterocycles. The van der Waals surface area contributed by atoms with Crippen LogP contribution in [-0.2, 0) is 0 Å². The van der Waals surface area contributed by atoms with Crippen LogP contribution in [0.4, 0.5) is 5.69 Å². The Balaban J connectivity index is 2.33. The van der Waals surface area contributed by atoms with Gasteiger partial charge < -0.3 is 9.64 Å². The zero-order valence-electron chi connectivity index (χ0n) is 12.2. The summed E-state index contributed by atoms with van der Waals surface area (Å²) in [6.07, 6.45) is 2.02. The van der Waals surface area contributed by atoms with Crippen LogP contribution in [-0.4, -0.2) is 30.6 Å². The lowest BCUT2D eigenvalue weighted by Crippen LogP contribution is -2.10. The van der Waals surface area contributed by atoms with E-state index in [1.54, 1.807) is 7.11 Å². The van der Waals surface area contributed by atoms with Crippen LogP contribution in [0.3, 0.4) is 0 Å². The van der Waals surface area contributed by atoms with Crippen LogP contribution in [0.1, 0.15) is 0 Å². The summed E-state index contributed by atoms with van der Waals surface area (Å²) in [4.78, 5) is 6.76. The van der Waals surface area contributed by atoms with Gasteiger partial charge in [0, 0.05) is 20.3 Å². The third kappa shape index (κ3) is 2.27. The van der Waals surface area contributed by atoms with Gasteiger partial charge in [-0.05, 0) is 40.2 Å². The van der Waals surface area contributed by atoms with Crippen molar-refractivity contribution in [1.29, 1.82) is 0 Å². The lowest BCUT2D eigenvalue weighted by molar-refractivity contribution is 0.416. The second-order valence-electron chi connectivity index (χ2n) is 4.93. The lowest BCUT2D eigenvalue weighted by Gasteiger charge is -2.14. The molecule has 4 nitrogen and oxygen atoms in total. The smallest absolute Gasteiger partial charge is 0.149 e. The van der Waals surface area contributed by atoms with Gasteiger partial charge >= 0.3 is 0 Å². The van der Waals surface area contributed by atoms with Crippen LogP contribution in [0.5, 0.6) is 5.75 Å². The third-order valence-corrected chi connectivity index (χ3v) is 3.98. The molecule has 3 aromatic rings. The number of halogens is 1. The summed E-state index contributed by atoms with van der Waals surface area (Å²) in [6, 6.07) is 12.0. The van der Waals surface area contributed by atoms with Crippen molar-refractivity contribution in [2.45, 2.75) is 0 Å². The summed E-state index contributed by atoms with van der Waals surface area (Å²) in [5.74, 6) is 1.67. The molecule has 0 amide bonds. The fourth-order valence-electron chi connectivity index (χ4n) is 2.46. The average molecular weight is 346 g/mol. The normalized spacial score (nSPS) is 10.9. The SMILES string of the molecule is COc1ccccc1-c1nc(Br)c2c(N(C)C)cccn12. The summed E-state index contributed by atoms with van der Waals surface area (Å²) < 4.78 is 8.36. The molecule has 0 aliphatic carbocycles. The molecule has 0 saturated carbocycles. The van der Waals surface area contributed by atoms with Gasteiger partial charge in [0.2, 0.25) is 0 Å². The molecule has 0 aliphatic heterocycles. The Morgan fingerprint density at radius 2 is 1.90 bits per heavy atom. The van der Waals surface area contributed by atoms with Crippen molar-refractivity contribution in [2.24, 2.45) is 0 Å². The molecule has 0 aliphatic rings. The third-order valence-electron chi connectivity index (χ3n) is 3.43. The molecular weight excluding hydrogens is 330 g/mol. The number of benzene rings is 1. The number of rotatable bonds is 3. The van der Waals surface area contributed by atoms with Crippen LogP contribution in [0.25, 0.3) is 16.9 Å². The summed E-state index contributed by atoms with van der Waals surface area (Å²) >= 11 is 3.58. The fraction of sp³-hybridized carbons (Fsp3) is 0.188. The summed E-state index contributed by atoms with van der Waals surface area (Å²) in [5.41, 5.74) is 3.12. The lowest BCUT2D eigenvalue weighted by atomic mass is 10.2. The summed E-state index contributed by atoms with van der Waals surface area (Å²) in [6.45, 7) is 0. The molecular formula is C16H16BrN3O. The van der Waals surface area contributed by atoms with Crippen LogP contribution < -0.4 is 9.64 Å². The topological polar surface area (TPSA) is 29.8 Å². The van der Waals surface area contributed by atoms with Crippen molar-refractivity contribution in [1.82, 2.24) is 9.38 Å². The quantitative estimate of drug-likeness (QED) is 0.722. The highest BCUT2D eigenvalue weighted by molar-refractivity contribution is 9.10. The number of methoxy groups -OCH3 is 1. The maximum Gasteiger partial charge on any atom is 0.149 e. The van der Waals surface area contributed by atoms with Gasteiger partial charge in [0.25, 0.3) is 0 Å². The van der Waals surface area contributed by atoms with Gasteiger partial charge in [-0.3, -0.25) is 4.40 Å². The highest BCUT2D eigenvalue weighted by atomic mass is 79.9. The molecule has 0 N–H and O–H groups in total. The molecule has 0 fully saturated rings. The molecule has 108 valence electrons. The number of fused-ring (bicyclic) bond motifs is 1. The van der Waals surface area contributed by atoms with Gasteiger partial charge in [-0.2, -0.15) is 0 Å². The zero-order chi connectivity index (χ0) is 15.0. The molecule has 3 rings (SSSR count). The van der Waals surface area contributed by atoms with Gasteiger partial charge in [-0.25, -0.2) is 4.98 Å². The second-order valence-corrected chi connectivity index (χ2v) is 5.68. The number of nitrogens with zero attached hydrogens (tertiary/aromatic N) is 3. The van der Waals surface area contributed by atoms with E-state index < -0.39 is 0 Å². The molecule has 21 heavy (non-hydrogen) atoms. The fourth-order valence-corrected chi connectivity index (χ4v) is 3.02. The van der Waals surface area contributed by atoms with Crippen molar-refractivity contribution in [2.75, 3.05) is 26.1 Å². The second kappa shape index (κ2) is 5.41. The van der Waals surface area contributed by atoms with Crippen LogP contribution in [0.2, 0.25) is 0 Å². The Labute approximate surface area is 132 Å². The van der Waals surface area contributed by atoms with Gasteiger partial charge in [-0.1, -0.05) is 12.1 Å². The van der Waals surface area contributed by atoms with Gasteiger partial charge in [0.1, 0.15) is 21.7 Å². The largest absolute Gasteiger partial charge is 0.496 e. The highest BCUT2D eigenvalue weighted by Crippen LogP contribution is 2.35. The molecule has 0 unspecified atom stereocenters. The minimum Gasteiger partial charge on any atom is -0.496 e. The van der Waals surface area contributed by atoms with E-state index in [2.05, 4.69) is 36.3 Å². The maximum absolute atomic E-state index is 5.46. The highest BCUT2D eigenvalue weighted by Gasteiger charge is 2.17. The molecule has 0 spiro atoms. The van der Waals surface area contributed by atoms with E-state index in [4.69, 9.17) is 4.74 Å². The number of hydrogen-bond acceptors (Lipinski definition) is 3. The molecule has 0 atom stereocenters. The van der Waals surface area contributed by atoms with Crippen molar-refractivity contribution >= 4 is 27.1 Å². The number of aromatic nitrogens is 2. The van der Waals surface area contributed by atoms with Gasteiger partial charge in [0.05, 0.1) is 18.4 Å². The van der Waals surface area contributed by atoms with Crippen molar-refractivity contribution in [3.8, 4) is 17.1 Å². The first kappa shape index (κ1) is 13.9. The summed E-state index contributed by atoms with van der Waals surface area (Å²) in [5, 5.41) is 0. The van der Waals surface area contributed by atoms with E-state index in [0.29, 0.717) is 0 Å². The molecule has 5 heteroatoms. The monoisotopic (exact) mass is 345 g/mol. The number of ether oxygens (including phenoxy) is 1. The van der Waals surface area contributed by atoms with Crippen LogP contribution in [0.15, 0.2) is 47.2 Å². The van der Waals surface area contributed by atoms with E-state index in [9.17, 15) is 0 Å². The van der Waals surface area contributed by atoms with Gasteiger partial charge in [-0.15, -0.1) is 0 Å². The predicted molar refractivity (Wildman–Crippen MR) is 89.2 cm³/mol. The molecule has 0 bridgehead atoms. The molecule has 0 radical (unpaired) electrons. The number of hydrogen-bond donors (Lipinski definition) is 0. The first-order valence-electron chi connectivity index (χ1n) is 6.60. The maximum atomic E-state index is 5.46. The van der Waals surface area contributed by atoms with E-state index in [1.165, 1.54) is 0 Å². The standard InChI is InChI=1S/C16H16BrN3O/c1-19(2)12-8-6-10-20-14(12)15(17)18-16(20)11-7-4-5-9-13(11)21-3/h4-10H,1-3H3. The van der Waals surface area contributed by atoms with E-state index in [1.807, 2.05) is 50.6 Å². The minimum absolute atomic E-state index is 0.812. The first-order valence-corrected chi connectivity index (χ1v) is 7.40. The van der Waals surface area contributed by atoms with E-state index in [0.717, 1.165) is 32.9 Å². The van der Waals surface area contributed by atoms with E-state index in [-0.39, 0.29) is 0 Å². The molecule has 1 aromatic carbocycles. The number of imidazole rings is 1. The van der Waals surface area contributed by atoms with Gasteiger partial charge in [0.15, 0.2) is 0 Å². The Morgan fingerprint density at radius 1 is 1.14 bits per heavy atom. The average Bonchev–Trinajstić information content (AvgIpc) is 2.84. The zero-order valence-corrected chi connectivity index (χ0v) is 13.8. The van der Waals surface area contributed by atoms with Crippen LogP contribution >= 0.6 is 15.9 Å². The molecule has 0 saturated heterocycles. The Morgan fingerprint density at radius 3 is 2.62 bits per heavy atom. The minimum atomic E-state index is 0.812. The van der Waals surface area contributed by atoms with Crippen molar-refractivity contribution in [3.05, 3.63) is 47.2 Å². The van der Waals surface area contributed by atoms with Crippen molar-refractivity contribution < 1.29 is 4.74 Å². The van der Waals surface area contributed by atoms with E-state index >= 15 is 0 Å². The van der Waals surface area contributed by atoms with Crippen LogP contribution in [0, 0.1) is 0 Å². The number of pyridine rings is 1. The Bertz CT molecular complexity index is 795. The Kier molecular flexibility index (Phi) is 3.59. The van der Waals surface area contributed by atoms with Crippen molar-refractivity contribution in [3.63, 3.8) is 0 Å². The predicted octanol–water partition coefficient (Wildman–Crippen LogP) is 3.84. The summed E-state index contributed by atoms with van der Waals surface area (Å²) in [7, 11) is 5.73. The number of para-hydroxylation sites is 1. The molecule has 2 heterocycles. The first-order chi connectivity index (χ1) is 10.1.